The highest BCUT2D eigenvalue weighted by Crippen LogP contribution is 2.23. The Hall–Kier alpha value is -0.770. The van der Waals surface area contributed by atoms with Crippen molar-refractivity contribution in [3.8, 4) is 5.75 Å². The molecule has 0 heterocycles. The molecule has 0 aliphatic carbocycles. The van der Waals surface area contributed by atoms with E-state index in [9.17, 15) is 5.11 Å². The number of nitrogens with one attached hydrogen (secondary N) is 1. The van der Waals surface area contributed by atoms with Gasteiger partial charge in [-0.25, -0.2) is 0 Å². The molecule has 0 radical (unpaired) electrons. The highest BCUT2D eigenvalue weighted by atomic mass is 35.5. The standard InChI is InChI=1S/C13H20ClNO2/c1-13(2,16)6-7-17-12-5-4-11(14)8-10(12)9-15-3/h4-5,8,15-16H,6-7,9H2,1-3H3. The van der Waals surface area contributed by atoms with E-state index in [1.165, 1.54) is 0 Å². The van der Waals surface area contributed by atoms with E-state index in [2.05, 4.69) is 5.32 Å². The van der Waals surface area contributed by atoms with Crippen molar-refractivity contribution in [2.75, 3.05) is 13.7 Å². The van der Waals surface area contributed by atoms with Gasteiger partial charge in [-0.05, 0) is 39.1 Å². The molecule has 2 N–H and O–H groups in total. The van der Waals surface area contributed by atoms with E-state index in [0.717, 1.165) is 11.3 Å². The summed E-state index contributed by atoms with van der Waals surface area (Å²) in [6, 6.07) is 5.55. The number of rotatable bonds is 6. The molecule has 0 aromatic heterocycles. The van der Waals surface area contributed by atoms with Crippen LogP contribution < -0.4 is 10.1 Å². The van der Waals surface area contributed by atoms with Crippen LogP contribution in [0, 0.1) is 0 Å². The molecule has 0 fully saturated rings. The topological polar surface area (TPSA) is 41.5 Å². The first kappa shape index (κ1) is 14.3. The Morgan fingerprint density at radius 2 is 2.12 bits per heavy atom. The Labute approximate surface area is 108 Å². The van der Waals surface area contributed by atoms with Crippen molar-refractivity contribution in [1.29, 1.82) is 0 Å². The molecular formula is C13H20ClNO2. The molecule has 0 bridgehead atoms. The van der Waals surface area contributed by atoms with Crippen LogP contribution in [0.3, 0.4) is 0 Å². The third-order valence-electron chi connectivity index (χ3n) is 2.36. The van der Waals surface area contributed by atoms with Crippen molar-refractivity contribution < 1.29 is 9.84 Å². The molecule has 1 rings (SSSR count). The maximum atomic E-state index is 9.60. The molecule has 0 aliphatic heterocycles. The van der Waals surface area contributed by atoms with Crippen molar-refractivity contribution in [2.24, 2.45) is 0 Å². The van der Waals surface area contributed by atoms with Crippen molar-refractivity contribution in [3.63, 3.8) is 0 Å². The highest BCUT2D eigenvalue weighted by Gasteiger charge is 2.13. The van der Waals surface area contributed by atoms with Gasteiger partial charge in [0.05, 0.1) is 12.2 Å². The summed E-state index contributed by atoms with van der Waals surface area (Å²) in [4.78, 5) is 0. The van der Waals surface area contributed by atoms with Gasteiger partial charge in [-0.1, -0.05) is 11.6 Å². The lowest BCUT2D eigenvalue weighted by Crippen LogP contribution is -2.22. The summed E-state index contributed by atoms with van der Waals surface area (Å²) < 4.78 is 5.66. The molecule has 1 aromatic carbocycles. The lowest BCUT2D eigenvalue weighted by molar-refractivity contribution is 0.0552. The molecule has 0 unspecified atom stereocenters. The Morgan fingerprint density at radius 3 is 2.71 bits per heavy atom. The van der Waals surface area contributed by atoms with Gasteiger partial charge in [0, 0.05) is 23.6 Å². The molecule has 4 heteroatoms. The van der Waals surface area contributed by atoms with Crippen LogP contribution in [-0.4, -0.2) is 24.4 Å². The molecule has 17 heavy (non-hydrogen) atoms. The number of ether oxygens (including phenoxy) is 1. The van der Waals surface area contributed by atoms with Crippen LogP contribution in [0.25, 0.3) is 0 Å². The van der Waals surface area contributed by atoms with E-state index in [4.69, 9.17) is 16.3 Å². The Kier molecular flexibility index (Phi) is 5.25. The molecule has 0 amide bonds. The van der Waals surface area contributed by atoms with E-state index < -0.39 is 5.60 Å². The molecule has 0 spiro atoms. The first-order chi connectivity index (χ1) is 7.92. The molecule has 96 valence electrons. The van der Waals surface area contributed by atoms with Gasteiger partial charge in [0.1, 0.15) is 5.75 Å². The van der Waals surface area contributed by atoms with Crippen LogP contribution in [0.2, 0.25) is 5.02 Å². The van der Waals surface area contributed by atoms with Crippen LogP contribution >= 0.6 is 11.6 Å². The fourth-order valence-corrected chi connectivity index (χ4v) is 1.62. The van der Waals surface area contributed by atoms with E-state index in [1.807, 2.05) is 19.2 Å². The average Bonchev–Trinajstić information content (AvgIpc) is 2.20. The van der Waals surface area contributed by atoms with E-state index >= 15 is 0 Å². The fourth-order valence-electron chi connectivity index (χ4n) is 1.43. The van der Waals surface area contributed by atoms with Gasteiger partial charge in [-0.2, -0.15) is 0 Å². The molecule has 0 saturated heterocycles. The van der Waals surface area contributed by atoms with Crippen molar-refractivity contribution in [3.05, 3.63) is 28.8 Å². The monoisotopic (exact) mass is 257 g/mol. The predicted octanol–water partition coefficient (Wildman–Crippen LogP) is 2.60. The normalized spacial score (nSPS) is 11.6. The lowest BCUT2D eigenvalue weighted by atomic mass is 10.1. The van der Waals surface area contributed by atoms with Gasteiger partial charge in [-0.3, -0.25) is 0 Å². The minimum atomic E-state index is -0.699. The van der Waals surface area contributed by atoms with Crippen LogP contribution in [0.5, 0.6) is 5.75 Å². The summed E-state index contributed by atoms with van der Waals surface area (Å²) in [6.07, 6.45) is 0.592. The van der Waals surface area contributed by atoms with Crippen molar-refractivity contribution in [2.45, 2.75) is 32.4 Å². The minimum absolute atomic E-state index is 0.488. The summed E-state index contributed by atoms with van der Waals surface area (Å²) in [5.41, 5.74) is 0.325. The van der Waals surface area contributed by atoms with Crippen LogP contribution in [0.1, 0.15) is 25.8 Å². The maximum Gasteiger partial charge on any atom is 0.123 e. The molecule has 0 aliphatic rings. The first-order valence-electron chi connectivity index (χ1n) is 5.70. The summed E-state index contributed by atoms with van der Waals surface area (Å²) in [6.45, 7) is 4.74. The SMILES string of the molecule is CNCc1cc(Cl)ccc1OCCC(C)(C)O. The highest BCUT2D eigenvalue weighted by molar-refractivity contribution is 6.30. The Bertz CT molecular complexity index is 361. The van der Waals surface area contributed by atoms with Gasteiger partial charge >= 0.3 is 0 Å². The number of halogens is 1. The van der Waals surface area contributed by atoms with Crippen LogP contribution in [-0.2, 0) is 6.54 Å². The van der Waals surface area contributed by atoms with Crippen molar-refractivity contribution >= 4 is 11.6 Å². The molecular weight excluding hydrogens is 238 g/mol. The number of benzene rings is 1. The van der Waals surface area contributed by atoms with Gasteiger partial charge in [0.2, 0.25) is 0 Å². The zero-order valence-electron chi connectivity index (χ0n) is 10.6. The summed E-state index contributed by atoms with van der Waals surface area (Å²) in [7, 11) is 1.88. The minimum Gasteiger partial charge on any atom is -0.493 e. The summed E-state index contributed by atoms with van der Waals surface area (Å²) in [5, 5.41) is 13.4. The predicted molar refractivity (Wildman–Crippen MR) is 70.6 cm³/mol. The Morgan fingerprint density at radius 1 is 1.41 bits per heavy atom. The van der Waals surface area contributed by atoms with Crippen LogP contribution in [0.15, 0.2) is 18.2 Å². The second kappa shape index (κ2) is 6.24. The molecule has 1 aromatic rings. The van der Waals surface area contributed by atoms with E-state index in [0.29, 0.717) is 24.6 Å². The summed E-state index contributed by atoms with van der Waals surface area (Å²) in [5.74, 6) is 0.813. The van der Waals surface area contributed by atoms with E-state index in [-0.39, 0.29) is 0 Å². The smallest absolute Gasteiger partial charge is 0.123 e. The zero-order chi connectivity index (χ0) is 12.9. The maximum absolute atomic E-state index is 9.60. The average molecular weight is 258 g/mol. The molecule has 0 saturated carbocycles. The van der Waals surface area contributed by atoms with Gasteiger partial charge in [-0.15, -0.1) is 0 Å². The second-order valence-corrected chi connectivity index (χ2v) is 5.13. The van der Waals surface area contributed by atoms with Crippen LogP contribution in [0.4, 0.5) is 0 Å². The third kappa shape index (κ3) is 5.39. The van der Waals surface area contributed by atoms with Gasteiger partial charge in [0.25, 0.3) is 0 Å². The zero-order valence-corrected chi connectivity index (χ0v) is 11.3. The fraction of sp³-hybridized carbons (Fsp3) is 0.538. The second-order valence-electron chi connectivity index (χ2n) is 4.69. The Balaban J connectivity index is 2.63. The molecule has 3 nitrogen and oxygen atoms in total. The van der Waals surface area contributed by atoms with Crippen molar-refractivity contribution in [1.82, 2.24) is 5.32 Å². The van der Waals surface area contributed by atoms with Gasteiger partial charge in [0.15, 0.2) is 0 Å². The quantitative estimate of drug-likeness (QED) is 0.823. The number of aliphatic hydroxyl groups is 1. The lowest BCUT2D eigenvalue weighted by Gasteiger charge is -2.18. The number of hydrogen-bond acceptors (Lipinski definition) is 3. The number of hydrogen-bond donors (Lipinski definition) is 2. The molecule has 0 atom stereocenters. The largest absolute Gasteiger partial charge is 0.493 e. The first-order valence-corrected chi connectivity index (χ1v) is 6.08. The third-order valence-corrected chi connectivity index (χ3v) is 2.60. The van der Waals surface area contributed by atoms with Gasteiger partial charge < -0.3 is 15.2 Å². The van der Waals surface area contributed by atoms with E-state index in [1.54, 1.807) is 19.9 Å². The summed E-state index contributed by atoms with van der Waals surface area (Å²) >= 11 is 5.94.